The third-order valence-electron chi connectivity index (χ3n) is 4.24. The predicted molar refractivity (Wildman–Crippen MR) is 98.8 cm³/mol. The van der Waals surface area contributed by atoms with Crippen LogP contribution in [0, 0.1) is 13.8 Å². The fraction of sp³-hybridized carbons (Fsp3) is 0.263. The zero-order valence-corrected chi connectivity index (χ0v) is 15.6. The molecule has 0 aliphatic rings. The lowest BCUT2D eigenvalue weighted by Gasteiger charge is -2.13. The standard InChI is InChI=1S/C19H18F3N3OS/c1-12-17(16-8-5-11-27-16)13(2)25(24-12)10-9-23-18(26)14-6-3-4-7-15(14)19(20,21)22/h3-8,11H,9-10H2,1-2H3,(H,23,26). The van der Waals surface area contributed by atoms with E-state index in [0.29, 0.717) is 6.54 Å². The van der Waals surface area contributed by atoms with Gasteiger partial charge in [-0.2, -0.15) is 18.3 Å². The van der Waals surface area contributed by atoms with Crippen LogP contribution in [0.25, 0.3) is 10.4 Å². The van der Waals surface area contributed by atoms with Crippen molar-refractivity contribution in [1.82, 2.24) is 15.1 Å². The van der Waals surface area contributed by atoms with Crippen molar-refractivity contribution in [3.8, 4) is 10.4 Å². The minimum absolute atomic E-state index is 0.177. The van der Waals surface area contributed by atoms with Gasteiger partial charge in [-0.25, -0.2) is 0 Å². The van der Waals surface area contributed by atoms with Crippen molar-refractivity contribution in [1.29, 1.82) is 0 Å². The summed E-state index contributed by atoms with van der Waals surface area (Å²) in [6.45, 7) is 4.40. The predicted octanol–water partition coefficient (Wildman–Crippen LogP) is 4.68. The smallest absolute Gasteiger partial charge is 0.350 e. The van der Waals surface area contributed by atoms with Crippen LogP contribution in [0.5, 0.6) is 0 Å². The number of thiophene rings is 1. The summed E-state index contributed by atoms with van der Waals surface area (Å²) in [5.74, 6) is -0.747. The molecule has 0 fully saturated rings. The van der Waals surface area contributed by atoms with Crippen LogP contribution in [0.15, 0.2) is 41.8 Å². The number of aryl methyl sites for hydroxylation is 1. The molecule has 0 saturated carbocycles. The van der Waals surface area contributed by atoms with Gasteiger partial charge in [-0.1, -0.05) is 18.2 Å². The first-order valence-electron chi connectivity index (χ1n) is 8.31. The van der Waals surface area contributed by atoms with Crippen LogP contribution in [0.3, 0.4) is 0 Å². The number of benzene rings is 1. The van der Waals surface area contributed by atoms with Gasteiger partial charge in [0.05, 0.1) is 23.4 Å². The van der Waals surface area contributed by atoms with Crippen LogP contribution in [0.2, 0.25) is 0 Å². The quantitative estimate of drug-likeness (QED) is 0.684. The molecule has 0 unspecified atom stereocenters. The molecule has 3 rings (SSSR count). The highest BCUT2D eigenvalue weighted by atomic mass is 32.1. The van der Waals surface area contributed by atoms with Crippen molar-refractivity contribution in [2.75, 3.05) is 6.54 Å². The number of aromatic nitrogens is 2. The number of hydrogen-bond acceptors (Lipinski definition) is 3. The summed E-state index contributed by atoms with van der Waals surface area (Å²) in [5, 5.41) is 9.03. The van der Waals surface area contributed by atoms with Crippen LogP contribution in [0.1, 0.15) is 27.3 Å². The Labute approximate surface area is 158 Å². The monoisotopic (exact) mass is 393 g/mol. The summed E-state index contributed by atoms with van der Waals surface area (Å²) in [7, 11) is 0. The maximum atomic E-state index is 13.0. The van der Waals surface area contributed by atoms with Crippen molar-refractivity contribution in [3.63, 3.8) is 0 Å². The van der Waals surface area contributed by atoms with E-state index in [0.717, 1.165) is 27.9 Å². The molecule has 4 nitrogen and oxygen atoms in total. The summed E-state index contributed by atoms with van der Waals surface area (Å²) >= 11 is 1.62. The van der Waals surface area contributed by atoms with Crippen LogP contribution in [-0.2, 0) is 12.7 Å². The Bertz CT molecular complexity index is 946. The molecule has 0 aliphatic heterocycles. The number of amides is 1. The second-order valence-electron chi connectivity index (χ2n) is 6.05. The van der Waals surface area contributed by atoms with E-state index in [1.54, 1.807) is 16.0 Å². The summed E-state index contributed by atoms with van der Waals surface area (Å²) in [5.41, 5.74) is 1.58. The SMILES string of the molecule is Cc1nn(CCNC(=O)c2ccccc2C(F)(F)F)c(C)c1-c1cccs1. The van der Waals surface area contributed by atoms with Gasteiger partial charge in [0.25, 0.3) is 5.91 Å². The largest absolute Gasteiger partial charge is 0.417 e. The van der Waals surface area contributed by atoms with Gasteiger partial charge in [-0.15, -0.1) is 11.3 Å². The van der Waals surface area contributed by atoms with Crippen molar-refractivity contribution in [2.24, 2.45) is 0 Å². The Kier molecular flexibility index (Phi) is 5.36. The number of rotatable bonds is 5. The lowest BCUT2D eigenvalue weighted by atomic mass is 10.1. The van der Waals surface area contributed by atoms with Gasteiger partial charge < -0.3 is 5.32 Å². The topological polar surface area (TPSA) is 46.9 Å². The number of halogens is 3. The van der Waals surface area contributed by atoms with Gasteiger partial charge >= 0.3 is 6.18 Å². The van der Waals surface area contributed by atoms with E-state index in [1.807, 2.05) is 31.4 Å². The third kappa shape index (κ3) is 4.05. The van der Waals surface area contributed by atoms with Gasteiger partial charge in [-0.05, 0) is 37.4 Å². The van der Waals surface area contributed by atoms with Crippen molar-refractivity contribution < 1.29 is 18.0 Å². The Balaban J connectivity index is 1.70. The molecule has 1 aromatic carbocycles. The minimum Gasteiger partial charge on any atom is -0.350 e. The van der Waals surface area contributed by atoms with Crippen LogP contribution in [0.4, 0.5) is 13.2 Å². The molecule has 2 aromatic heterocycles. The van der Waals surface area contributed by atoms with Gasteiger partial charge in [0.1, 0.15) is 0 Å². The van der Waals surface area contributed by atoms with Gasteiger partial charge in [-0.3, -0.25) is 9.48 Å². The highest BCUT2D eigenvalue weighted by Gasteiger charge is 2.34. The van der Waals surface area contributed by atoms with E-state index in [2.05, 4.69) is 10.4 Å². The Hall–Kier alpha value is -2.61. The summed E-state index contributed by atoms with van der Waals surface area (Å²) in [6, 6.07) is 8.75. The fourth-order valence-electron chi connectivity index (χ4n) is 2.99. The average Bonchev–Trinajstić information content (AvgIpc) is 3.22. The first-order valence-corrected chi connectivity index (χ1v) is 9.19. The van der Waals surface area contributed by atoms with E-state index < -0.39 is 17.6 Å². The number of alkyl halides is 3. The zero-order valence-electron chi connectivity index (χ0n) is 14.8. The number of nitrogens with zero attached hydrogens (tertiary/aromatic N) is 2. The first kappa shape index (κ1) is 19.2. The normalized spacial score (nSPS) is 11.6. The second kappa shape index (κ2) is 7.56. The van der Waals surface area contributed by atoms with Crippen LogP contribution in [-0.4, -0.2) is 22.2 Å². The van der Waals surface area contributed by atoms with Crippen molar-refractivity contribution in [3.05, 3.63) is 64.3 Å². The number of hydrogen-bond donors (Lipinski definition) is 1. The molecule has 0 spiro atoms. The molecule has 27 heavy (non-hydrogen) atoms. The Morgan fingerprint density at radius 2 is 1.93 bits per heavy atom. The average molecular weight is 393 g/mol. The summed E-state index contributed by atoms with van der Waals surface area (Å²) in [4.78, 5) is 13.3. The zero-order chi connectivity index (χ0) is 19.6. The van der Waals surface area contributed by atoms with Gasteiger partial charge in [0, 0.05) is 22.7 Å². The van der Waals surface area contributed by atoms with E-state index >= 15 is 0 Å². The van der Waals surface area contributed by atoms with E-state index in [1.165, 1.54) is 18.2 Å². The lowest BCUT2D eigenvalue weighted by Crippen LogP contribution is -2.29. The third-order valence-corrected chi connectivity index (χ3v) is 5.12. The maximum Gasteiger partial charge on any atom is 0.417 e. The van der Waals surface area contributed by atoms with Crippen LogP contribution < -0.4 is 5.32 Å². The van der Waals surface area contributed by atoms with Crippen molar-refractivity contribution >= 4 is 17.2 Å². The van der Waals surface area contributed by atoms with Gasteiger partial charge in [0.2, 0.25) is 0 Å². The molecule has 0 saturated heterocycles. The molecule has 0 radical (unpaired) electrons. The van der Waals surface area contributed by atoms with E-state index in [4.69, 9.17) is 0 Å². The summed E-state index contributed by atoms with van der Waals surface area (Å²) in [6.07, 6.45) is -4.57. The minimum atomic E-state index is -4.57. The lowest BCUT2D eigenvalue weighted by molar-refractivity contribution is -0.137. The van der Waals surface area contributed by atoms with E-state index in [9.17, 15) is 18.0 Å². The van der Waals surface area contributed by atoms with E-state index in [-0.39, 0.29) is 12.1 Å². The molecule has 2 heterocycles. The van der Waals surface area contributed by atoms with Crippen LogP contribution >= 0.6 is 11.3 Å². The molecular formula is C19H18F3N3OS. The van der Waals surface area contributed by atoms with Gasteiger partial charge in [0.15, 0.2) is 0 Å². The summed E-state index contributed by atoms with van der Waals surface area (Å²) < 4.78 is 40.9. The second-order valence-corrected chi connectivity index (χ2v) is 6.99. The highest BCUT2D eigenvalue weighted by Crippen LogP contribution is 2.32. The highest BCUT2D eigenvalue weighted by molar-refractivity contribution is 7.13. The molecule has 142 valence electrons. The number of carbonyl (C=O) groups excluding carboxylic acids is 1. The molecule has 1 N–H and O–H groups in total. The van der Waals surface area contributed by atoms with Crippen molar-refractivity contribution in [2.45, 2.75) is 26.6 Å². The Morgan fingerprint density at radius 3 is 2.59 bits per heavy atom. The molecule has 8 heteroatoms. The molecule has 1 amide bonds. The fourth-order valence-corrected chi connectivity index (χ4v) is 3.87. The Morgan fingerprint density at radius 1 is 1.19 bits per heavy atom. The molecule has 0 aliphatic carbocycles. The number of nitrogens with one attached hydrogen (secondary N) is 1. The number of carbonyl (C=O) groups is 1. The first-order chi connectivity index (χ1) is 12.8. The maximum absolute atomic E-state index is 13.0. The molecular weight excluding hydrogens is 375 g/mol. The molecule has 3 aromatic rings. The molecule has 0 atom stereocenters. The molecule has 0 bridgehead atoms.